The lowest BCUT2D eigenvalue weighted by molar-refractivity contribution is 0.402. The Hall–Kier alpha value is -1.82. The Morgan fingerprint density at radius 1 is 1.32 bits per heavy atom. The van der Waals surface area contributed by atoms with E-state index in [4.69, 9.17) is 21.7 Å². The van der Waals surface area contributed by atoms with Crippen LogP contribution >= 0.6 is 12.2 Å². The van der Waals surface area contributed by atoms with Crippen molar-refractivity contribution in [2.75, 3.05) is 20.8 Å². The van der Waals surface area contributed by atoms with Crippen LogP contribution in [-0.2, 0) is 0 Å². The number of hydrazone groups is 1. The molecule has 2 N–H and O–H groups in total. The van der Waals surface area contributed by atoms with Gasteiger partial charge in [0.05, 0.1) is 19.9 Å². The fourth-order valence-corrected chi connectivity index (χ4v) is 1.68. The van der Waals surface area contributed by atoms with Crippen molar-refractivity contribution in [1.82, 2.24) is 10.7 Å². The minimum absolute atomic E-state index is 0.490. The maximum atomic E-state index is 5.31. The number of thiocarbonyl (C=S) groups is 1. The average Bonchev–Trinajstić information content (AvgIpc) is 2.44. The largest absolute Gasteiger partial charge is 0.497 e. The zero-order valence-corrected chi connectivity index (χ0v) is 12.4. The zero-order valence-electron chi connectivity index (χ0n) is 11.6. The Kier molecular flexibility index (Phi) is 6.08. The number of rotatable bonds is 5. The van der Waals surface area contributed by atoms with Gasteiger partial charge in [0, 0.05) is 12.1 Å². The molecule has 1 rings (SSSR count). The molecule has 6 heteroatoms. The molecule has 0 aliphatic rings. The lowest BCUT2D eigenvalue weighted by atomic mass is 10.1. The first-order chi connectivity index (χ1) is 9.12. The molecule has 1 aromatic rings. The van der Waals surface area contributed by atoms with E-state index in [0.29, 0.717) is 5.11 Å². The fraction of sp³-hybridized carbons (Fsp3) is 0.385. The third-order valence-electron chi connectivity index (χ3n) is 2.46. The SMILES string of the molecule is CCNC(=S)N/N=C(/C)c1cc(OC)ccc1OC. The van der Waals surface area contributed by atoms with E-state index in [1.807, 2.05) is 32.0 Å². The second kappa shape index (κ2) is 7.58. The van der Waals surface area contributed by atoms with Gasteiger partial charge in [0.15, 0.2) is 5.11 Å². The van der Waals surface area contributed by atoms with Gasteiger partial charge in [-0.25, -0.2) is 0 Å². The molecule has 104 valence electrons. The predicted octanol–water partition coefficient (Wildman–Crippen LogP) is 1.91. The standard InChI is InChI=1S/C13H19N3O2S/c1-5-14-13(19)16-15-9(2)11-8-10(17-3)6-7-12(11)18-4/h6-8H,5H2,1-4H3,(H2,14,16,19)/b15-9-. The summed E-state index contributed by atoms with van der Waals surface area (Å²) in [6.07, 6.45) is 0. The quantitative estimate of drug-likeness (QED) is 0.490. The minimum atomic E-state index is 0.490. The summed E-state index contributed by atoms with van der Waals surface area (Å²) in [5.74, 6) is 1.48. The number of hydrogen-bond acceptors (Lipinski definition) is 4. The number of nitrogens with one attached hydrogen (secondary N) is 2. The van der Waals surface area contributed by atoms with Gasteiger partial charge in [-0.15, -0.1) is 0 Å². The van der Waals surface area contributed by atoms with Crippen molar-refractivity contribution in [3.8, 4) is 11.5 Å². The molecule has 1 aromatic carbocycles. The van der Waals surface area contributed by atoms with Crippen LogP contribution in [0.1, 0.15) is 19.4 Å². The summed E-state index contributed by atoms with van der Waals surface area (Å²) < 4.78 is 10.5. The molecule has 0 fully saturated rings. The number of methoxy groups -OCH3 is 2. The van der Waals surface area contributed by atoms with E-state index in [1.54, 1.807) is 14.2 Å². The van der Waals surface area contributed by atoms with Crippen LogP contribution < -0.4 is 20.2 Å². The van der Waals surface area contributed by atoms with Crippen LogP contribution in [0.5, 0.6) is 11.5 Å². The van der Waals surface area contributed by atoms with Crippen molar-refractivity contribution in [2.24, 2.45) is 5.10 Å². The van der Waals surface area contributed by atoms with E-state index >= 15 is 0 Å². The topological polar surface area (TPSA) is 54.9 Å². The van der Waals surface area contributed by atoms with Gasteiger partial charge in [-0.2, -0.15) is 5.10 Å². The monoisotopic (exact) mass is 281 g/mol. The Balaban J connectivity index is 2.93. The second-order valence-corrected chi connectivity index (χ2v) is 4.14. The Morgan fingerprint density at radius 2 is 2.05 bits per heavy atom. The highest BCUT2D eigenvalue weighted by molar-refractivity contribution is 7.80. The summed E-state index contributed by atoms with van der Waals surface area (Å²) in [6.45, 7) is 4.59. The molecule has 0 bridgehead atoms. The van der Waals surface area contributed by atoms with Crippen molar-refractivity contribution in [2.45, 2.75) is 13.8 Å². The summed E-state index contributed by atoms with van der Waals surface area (Å²) in [6, 6.07) is 5.55. The van der Waals surface area contributed by atoms with Crippen molar-refractivity contribution < 1.29 is 9.47 Å². The summed E-state index contributed by atoms with van der Waals surface area (Å²) in [5.41, 5.74) is 4.40. The van der Waals surface area contributed by atoms with Crippen LogP contribution in [0.4, 0.5) is 0 Å². The maximum absolute atomic E-state index is 5.31. The third kappa shape index (κ3) is 4.40. The van der Waals surface area contributed by atoms with Crippen molar-refractivity contribution in [1.29, 1.82) is 0 Å². The molecular formula is C13H19N3O2S. The summed E-state index contributed by atoms with van der Waals surface area (Å²) in [4.78, 5) is 0. The summed E-state index contributed by atoms with van der Waals surface area (Å²) in [7, 11) is 3.24. The fourth-order valence-electron chi connectivity index (χ4n) is 1.49. The van der Waals surface area contributed by atoms with Crippen LogP contribution in [0.25, 0.3) is 0 Å². The molecule has 0 atom stereocenters. The minimum Gasteiger partial charge on any atom is -0.497 e. The molecule has 0 aliphatic carbocycles. The van der Waals surface area contributed by atoms with Gasteiger partial charge < -0.3 is 14.8 Å². The number of hydrogen-bond donors (Lipinski definition) is 2. The molecule has 0 radical (unpaired) electrons. The normalized spacial score (nSPS) is 10.8. The number of ether oxygens (including phenoxy) is 2. The summed E-state index contributed by atoms with van der Waals surface area (Å²) >= 11 is 5.05. The van der Waals surface area contributed by atoms with Crippen LogP contribution in [0.3, 0.4) is 0 Å². The van der Waals surface area contributed by atoms with Gasteiger partial charge >= 0.3 is 0 Å². The summed E-state index contributed by atoms with van der Waals surface area (Å²) in [5, 5.41) is 7.67. The molecule has 0 saturated heterocycles. The Bertz CT molecular complexity index is 475. The number of nitrogens with zero attached hydrogens (tertiary/aromatic N) is 1. The van der Waals surface area contributed by atoms with Gasteiger partial charge in [-0.3, -0.25) is 5.43 Å². The predicted molar refractivity (Wildman–Crippen MR) is 81.2 cm³/mol. The van der Waals surface area contributed by atoms with Crippen molar-refractivity contribution in [3.63, 3.8) is 0 Å². The van der Waals surface area contributed by atoms with E-state index < -0.39 is 0 Å². The highest BCUT2D eigenvalue weighted by atomic mass is 32.1. The first kappa shape index (κ1) is 15.2. The Labute approximate surface area is 119 Å². The highest BCUT2D eigenvalue weighted by Gasteiger charge is 2.08. The van der Waals surface area contributed by atoms with Gasteiger partial charge in [0.25, 0.3) is 0 Å². The molecule has 0 aliphatic heterocycles. The molecule has 0 aromatic heterocycles. The second-order valence-electron chi connectivity index (χ2n) is 3.73. The number of benzene rings is 1. The van der Waals surface area contributed by atoms with E-state index in [9.17, 15) is 0 Å². The van der Waals surface area contributed by atoms with E-state index in [0.717, 1.165) is 29.3 Å². The van der Waals surface area contributed by atoms with Gasteiger partial charge in [-0.1, -0.05) is 0 Å². The van der Waals surface area contributed by atoms with E-state index in [1.165, 1.54) is 0 Å². The lowest BCUT2D eigenvalue weighted by Crippen LogP contribution is -2.32. The highest BCUT2D eigenvalue weighted by Crippen LogP contribution is 2.24. The van der Waals surface area contributed by atoms with Crippen LogP contribution in [0.15, 0.2) is 23.3 Å². The van der Waals surface area contributed by atoms with E-state index in [-0.39, 0.29) is 0 Å². The lowest BCUT2D eigenvalue weighted by Gasteiger charge is -2.11. The molecule has 0 heterocycles. The molecule has 0 amide bonds. The molecule has 0 spiro atoms. The molecular weight excluding hydrogens is 262 g/mol. The van der Waals surface area contributed by atoms with E-state index in [2.05, 4.69) is 15.8 Å². The van der Waals surface area contributed by atoms with Gasteiger partial charge in [-0.05, 0) is 44.3 Å². The van der Waals surface area contributed by atoms with Crippen LogP contribution in [-0.4, -0.2) is 31.6 Å². The van der Waals surface area contributed by atoms with Crippen LogP contribution in [0.2, 0.25) is 0 Å². The zero-order chi connectivity index (χ0) is 14.3. The van der Waals surface area contributed by atoms with Crippen molar-refractivity contribution in [3.05, 3.63) is 23.8 Å². The van der Waals surface area contributed by atoms with Crippen LogP contribution in [0, 0.1) is 0 Å². The van der Waals surface area contributed by atoms with Crippen molar-refractivity contribution >= 4 is 23.0 Å². The van der Waals surface area contributed by atoms with Gasteiger partial charge in [0.1, 0.15) is 11.5 Å². The molecule has 0 saturated carbocycles. The molecule has 5 nitrogen and oxygen atoms in total. The first-order valence-corrected chi connectivity index (χ1v) is 6.33. The first-order valence-electron chi connectivity index (χ1n) is 5.92. The Morgan fingerprint density at radius 3 is 2.63 bits per heavy atom. The smallest absolute Gasteiger partial charge is 0.186 e. The average molecular weight is 281 g/mol. The molecule has 19 heavy (non-hydrogen) atoms. The maximum Gasteiger partial charge on any atom is 0.186 e. The molecule has 0 unspecified atom stereocenters. The van der Waals surface area contributed by atoms with Gasteiger partial charge in [0.2, 0.25) is 0 Å². The third-order valence-corrected chi connectivity index (χ3v) is 2.69.